The summed E-state index contributed by atoms with van der Waals surface area (Å²) in [7, 11) is 0. The zero-order chi connectivity index (χ0) is 13.0. The Labute approximate surface area is 109 Å². The Balaban J connectivity index is 2.28. The van der Waals surface area contributed by atoms with Gasteiger partial charge in [-0.05, 0) is 18.9 Å². The van der Waals surface area contributed by atoms with Crippen LogP contribution in [0.5, 0.6) is 5.75 Å². The van der Waals surface area contributed by atoms with Crippen LogP contribution < -0.4 is 5.32 Å². The number of nitrogens with zero attached hydrogens (tertiary/aromatic N) is 1. The molecule has 1 aliphatic rings. The predicted molar refractivity (Wildman–Crippen MR) is 74.8 cm³/mol. The maximum absolute atomic E-state index is 10.2. The Morgan fingerprint density at radius 1 is 1.44 bits per heavy atom. The van der Waals surface area contributed by atoms with Crippen molar-refractivity contribution in [1.82, 2.24) is 10.2 Å². The zero-order valence-electron chi connectivity index (χ0n) is 11.0. The van der Waals surface area contributed by atoms with E-state index < -0.39 is 0 Å². The summed E-state index contributed by atoms with van der Waals surface area (Å²) in [5, 5.41) is 13.6. The fraction of sp³-hybridized carbons (Fsp3) is 0.467. The molecule has 1 atom stereocenters. The van der Waals surface area contributed by atoms with Crippen molar-refractivity contribution in [3.8, 4) is 5.75 Å². The number of hydrogen-bond acceptors (Lipinski definition) is 3. The van der Waals surface area contributed by atoms with E-state index in [0.29, 0.717) is 5.75 Å². The largest absolute Gasteiger partial charge is 0.507 e. The Morgan fingerprint density at radius 3 is 2.83 bits per heavy atom. The molecule has 3 nitrogen and oxygen atoms in total. The second-order valence-corrected chi connectivity index (χ2v) is 4.84. The third-order valence-corrected chi connectivity index (χ3v) is 3.61. The fourth-order valence-corrected chi connectivity index (χ4v) is 2.57. The van der Waals surface area contributed by atoms with Gasteiger partial charge in [0.25, 0.3) is 0 Å². The van der Waals surface area contributed by atoms with Crippen molar-refractivity contribution in [2.45, 2.75) is 19.4 Å². The van der Waals surface area contributed by atoms with Gasteiger partial charge in [0.2, 0.25) is 0 Å². The van der Waals surface area contributed by atoms with Gasteiger partial charge in [0, 0.05) is 37.8 Å². The van der Waals surface area contributed by atoms with Crippen molar-refractivity contribution in [2.24, 2.45) is 0 Å². The van der Waals surface area contributed by atoms with Crippen LogP contribution in [0.2, 0.25) is 0 Å². The van der Waals surface area contributed by atoms with E-state index in [1.807, 2.05) is 31.2 Å². The molecule has 0 spiro atoms. The highest BCUT2D eigenvalue weighted by molar-refractivity contribution is 5.41. The van der Waals surface area contributed by atoms with Gasteiger partial charge in [-0.1, -0.05) is 24.3 Å². The minimum absolute atomic E-state index is 0.240. The van der Waals surface area contributed by atoms with Crippen LogP contribution >= 0.6 is 0 Å². The smallest absolute Gasteiger partial charge is 0.123 e. The van der Waals surface area contributed by atoms with Crippen LogP contribution in [-0.2, 0) is 0 Å². The Bertz CT molecular complexity index is 411. The Kier molecular flexibility index (Phi) is 4.39. The lowest BCUT2D eigenvalue weighted by Gasteiger charge is -2.35. The summed E-state index contributed by atoms with van der Waals surface area (Å²) in [6, 6.07) is 6.23. The standard InChI is InChI=1S/C15H22N2O/c1-3-5-14(17-10-8-16-9-11-17)13-7-4-6-12(2)15(13)18/h3-4,6-7,14,16,18H,1,5,8-11H2,2H3/t14-/m0/s1. The molecule has 0 bridgehead atoms. The first-order valence-electron chi connectivity index (χ1n) is 6.58. The van der Waals surface area contributed by atoms with E-state index in [-0.39, 0.29) is 6.04 Å². The lowest BCUT2D eigenvalue weighted by atomic mass is 9.98. The minimum Gasteiger partial charge on any atom is -0.507 e. The molecule has 0 aliphatic carbocycles. The third-order valence-electron chi connectivity index (χ3n) is 3.61. The Hall–Kier alpha value is -1.32. The molecule has 18 heavy (non-hydrogen) atoms. The summed E-state index contributed by atoms with van der Waals surface area (Å²) in [6.07, 6.45) is 2.81. The summed E-state index contributed by atoms with van der Waals surface area (Å²) < 4.78 is 0. The van der Waals surface area contributed by atoms with Gasteiger partial charge in [-0.3, -0.25) is 4.90 Å². The molecule has 0 amide bonds. The SMILES string of the molecule is C=CC[C@@H](c1cccc(C)c1O)N1CCNCC1. The van der Waals surface area contributed by atoms with Crippen molar-refractivity contribution < 1.29 is 5.11 Å². The summed E-state index contributed by atoms with van der Waals surface area (Å²) in [5.41, 5.74) is 1.97. The van der Waals surface area contributed by atoms with E-state index in [9.17, 15) is 5.11 Å². The van der Waals surface area contributed by atoms with E-state index in [1.54, 1.807) is 0 Å². The highest BCUT2D eigenvalue weighted by Gasteiger charge is 2.23. The summed E-state index contributed by atoms with van der Waals surface area (Å²) in [5.74, 6) is 0.433. The van der Waals surface area contributed by atoms with E-state index >= 15 is 0 Å². The van der Waals surface area contributed by atoms with Gasteiger partial charge < -0.3 is 10.4 Å². The first kappa shape index (κ1) is 13.1. The van der Waals surface area contributed by atoms with Gasteiger partial charge in [-0.2, -0.15) is 0 Å². The second kappa shape index (κ2) is 6.03. The molecule has 1 saturated heterocycles. The molecule has 1 heterocycles. The maximum atomic E-state index is 10.2. The van der Waals surface area contributed by atoms with Gasteiger partial charge in [-0.25, -0.2) is 0 Å². The molecule has 0 aromatic heterocycles. The molecular formula is C15H22N2O. The molecule has 98 valence electrons. The van der Waals surface area contributed by atoms with E-state index in [1.165, 1.54) is 0 Å². The zero-order valence-corrected chi connectivity index (χ0v) is 11.0. The maximum Gasteiger partial charge on any atom is 0.123 e. The summed E-state index contributed by atoms with van der Waals surface area (Å²) in [4.78, 5) is 2.42. The average Bonchev–Trinajstić information content (AvgIpc) is 2.41. The van der Waals surface area contributed by atoms with Crippen LogP contribution in [0.1, 0.15) is 23.6 Å². The third kappa shape index (κ3) is 2.74. The first-order valence-corrected chi connectivity index (χ1v) is 6.58. The first-order chi connectivity index (χ1) is 8.74. The number of nitrogens with one attached hydrogen (secondary N) is 1. The number of hydrogen-bond donors (Lipinski definition) is 2. The van der Waals surface area contributed by atoms with Crippen molar-refractivity contribution >= 4 is 0 Å². The molecule has 3 heteroatoms. The molecule has 1 aliphatic heterocycles. The lowest BCUT2D eigenvalue weighted by Crippen LogP contribution is -2.45. The number of piperazine rings is 1. The van der Waals surface area contributed by atoms with Crippen LogP contribution in [0.3, 0.4) is 0 Å². The van der Waals surface area contributed by atoms with Crippen LogP contribution in [0, 0.1) is 6.92 Å². The molecule has 2 N–H and O–H groups in total. The number of phenols is 1. The monoisotopic (exact) mass is 246 g/mol. The fourth-order valence-electron chi connectivity index (χ4n) is 2.57. The molecule has 2 rings (SSSR count). The molecule has 0 radical (unpaired) electrons. The second-order valence-electron chi connectivity index (χ2n) is 4.84. The van der Waals surface area contributed by atoms with Gasteiger partial charge in [0.05, 0.1) is 0 Å². The number of aryl methyl sites for hydroxylation is 1. The van der Waals surface area contributed by atoms with Crippen LogP contribution in [0.15, 0.2) is 30.9 Å². The highest BCUT2D eigenvalue weighted by atomic mass is 16.3. The predicted octanol–water partition coefficient (Wildman–Crippen LogP) is 2.22. The number of rotatable bonds is 4. The topological polar surface area (TPSA) is 35.5 Å². The number of para-hydroxylation sites is 1. The molecule has 0 unspecified atom stereocenters. The number of benzene rings is 1. The van der Waals surface area contributed by atoms with E-state index in [4.69, 9.17) is 0 Å². The van der Waals surface area contributed by atoms with E-state index in [2.05, 4.69) is 16.8 Å². The molecule has 1 fully saturated rings. The number of aromatic hydroxyl groups is 1. The summed E-state index contributed by atoms with van der Waals surface area (Å²) in [6.45, 7) is 9.86. The summed E-state index contributed by atoms with van der Waals surface area (Å²) >= 11 is 0. The Morgan fingerprint density at radius 2 is 2.17 bits per heavy atom. The van der Waals surface area contributed by atoms with Gasteiger partial charge >= 0.3 is 0 Å². The van der Waals surface area contributed by atoms with E-state index in [0.717, 1.165) is 43.7 Å². The van der Waals surface area contributed by atoms with Gasteiger partial charge in [0.1, 0.15) is 5.75 Å². The van der Waals surface area contributed by atoms with Crippen molar-refractivity contribution in [1.29, 1.82) is 0 Å². The highest BCUT2D eigenvalue weighted by Crippen LogP contribution is 2.33. The van der Waals surface area contributed by atoms with Gasteiger partial charge in [-0.15, -0.1) is 6.58 Å². The van der Waals surface area contributed by atoms with Crippen molar-refractivity contribution in [2.75, 3.05) is 26.2 Å². The minimum atomic E-state index is 0.240. The lowest BCUT2D eigenvalue weighted by molar-refractivity contribution is 0.172. The van der Waals surface area contributed by atoms with Crippen molar-refractivity contribution in [3.63, 3.8) is 0 Å². The quantitative estimate of drug-likeness (QED) is 0.800. The van der Waals surface area contributed by atoms with Crippen molar-refractivity contribution in [3.05, 3.63) is 42.0 Å². The molecule has 1 aromatic rings. The normalized spacial score (nSPS) is 18.5. The average molecular weight is 246 g/mol. The van der Waals surface area contributed by atoms with Gasteiger partial charge in [0.15, 0.2) is 0 Å². The van der Waals surface area contributed by atoms with Crippen LogP contribution in [-0.4, -0.2) is 36.2 Å². The molecule has 0 saturated carbocycles. The van der Waals surface area contributed by atoms with Crippen LogP contribution in [0.25, 0.3) is 0 Å². The molecule has 1 aromatic carbocycles. The molecular weight excluding hydrogens is 224 g/mol. The van der Waals surface area contributed by atoms with Crippen LogP contribution in [0.4, 0.5) is 0 Å². The number of phenolic OH excluding ortho intramolecular Hbond substituents is 1.